The number of fused-ring (bicyclic) bond motifs is 1. The molecule has 1 saturated heterocycles. The zero-order valence-corrected chi connectivity index (χ0v) is 13.8. The molecule has 1 aliphatic heterocycles. The predicted octanol–water partition coefficient (Wildman–Crippen LogP) is 4.45. The Hall–Kier alpha value is -1.46. The van der Waals surface area contributed by atoms with Crippen molar-refractivity contribution >= 4 is 42.6 Å². The Morgan fingerprint density at radius 1 is 1.24 bits per heavy atom. The summed E-state index contributed by atoms with van der Waals surface area (Å²) in [6.07, 6.45) is 3.03. The minimum atomic E-state index is 0.518. The quantitative estimate of drug-likeness (QED) is 0.676. The number of pyridine rings is 1. The second-order valence-corrected chi connectivity index (χ2v) is 7.22. The van der Waals surface area contributed by atoms with E-state index in [1.54, 1.807) is 11.3 Å². The summed E-state index contributed by atoms with van der Waals surface area (Å²) in [5, 5.41) is 1.13. The Balaban J connectivity index is 1.59. The summed E-state index contributed by atoms with van der Waals surface area (Å²) < 4.78 is 2.35. The van der Waals surface area contributed by atoms with Crippen LogP contribution in [0.2, 0.25) is 0 Å². The molecule has 0 radical (unpaired) electrons. The first-order chi connectivity index (χ1) is 10.3. The zero-order valence-electron chi connectivity index (χ0n) is 11.4. The monoisotopic (exact) mass is 359 g/mol. The van der Waals surface area contributed by atoms with Gasteiger partial charge in [0.15, 0.2) is 5.13 Å². The zero-order chi connectivity index (χ0) is 14.2. The Bertz CT molecular complexity index is 772. The molecular formula is C16H14BrN3S. The van der Waals surface area contributed by atoms with Crippen molar-refractivity contribution in [1.29, 1.82) is 0 Å². The van der Waals surface area contributed by atoms with Gasteiger partial charge >= 0.3 is 0 Å². The van der Waals surface area contributed by atoms with Crippen LogP contribution in [0.4, 0.5) is 5.13 Å². The third-order valence-corrected chi connectivity index (χ3v) is 5.48. The van der Waals surface area contributed by atoms with E-state index in [1.807, 2.05) is 18.3 Å². The Morgan fingerprint density at radius 3 is 3.05 bits per heavy atom. The minimum absolute atomic E-state index is 0.518. The Morgan fingerprint density at radius 2 is 2.19 bits per heavy atom. The SMILES string of the molecule is Brc1ccc2nc(N3CCC(c4ccccn4)C3)sc2c1. The highest BCUT2D eigenvalue weighted by atomic mass is 79.9. The average Bonchev–Trinajstić information content (AvgIpc) is 3.14. The number of halogens is 1. The maximum atomic E-state index is 4.77. The molecule has 0 amide bonds. The first kappa shape index (κ1) is 13.2. The molecule has 0 aliphatic carbocycles. The van der Waals surface area contributed by atoms with Crippen molar-refractivity contribution in [2.24, 2.45) is 0 Å². The van der Waals surface area contributed by atoms with Gasteiger partial charge in [-0.25, -0.2) is 4.98 Å². The van der Waals surface area contributed by atoms with E-state index < -0.39 is 0 Å². The molecule has 106 valence electrons. The summed E-state index contributed by atoms with van der Waals surface area (Å²) in [4.78, 5) is 11.6. The maximum Gasteiger partial charge on any atom is 0.186 e. The minimum Gasteiger partial charge on any atom is -0.347 e. The van der Waals surface area contributed by atoms with Crippen LogP contribution in [-0.2, 0) is 0 Å². The summed E-state index contributed by atoms with van der Waals surface area (Å²) in [6.45, 7) is 2.07. The lowest BCUT2D eigenvalue weighted by atomic mass is 10.0. The van der Waals surface area contributed by atoms with Crippen LogP contribution in [0.25, 0.3) is 10.2 Å². The van der Waals surface area contributed by atoms with Crippen molar-refractivity contribution in [3.63, 3.8) is 0 Å². The van der Waals surface area contributed by atoms with Gasteiger partial charge in [-0.05, 0) is 36.8 Å². The van der Waals surface area contributed by atoms with Gasteiger partial charge in [0, 0.05) is 35.4 Å². The molecule has 0 N–H and O–H groups in total. The molecule has 3 heterocycles. The number of rotatable bonds is 2. The lowest BCUT2D eigenvalue weighted by Gasteiger charge is -2.14. The molecule has 1 atom stereocenters. The van der Waals surface area contributed by atoms with Gasteiger partial charge in [-0.1, -0.05) is 33.3 Å². The number of aromatic nitrogens is 2. The van der Waals surface area contributed by atoms with E-state index in [4.69, 9.17) is 4.98 Å². The summed E-state index contributed by atoms with van der Waals surface area (Å²) in [6, 6.07) is 12.4. The van der Waals surface area contributed by atoms with E-state index in [0.29, 0.717) is 5.92 Å². The number of hydrogen-bond donors (Lipinski definition) is 0. The first-order valence-corrected chi connectivity index (χ1v) is 8.62. The van der Waals surface area contributed by atoms with Gasteiger partial charge in [0.25, 0.3) is 0 Å². The summed E-state index contributed by atoms with van der Waals surface area (Å²) >= 11 is 5.29. The standard InChI is InChI=1S/C16H14BrN3S/c17-12-4-5-14-15(9-12)21-16(19-14)20-8-6-11(10-20)13-3-1-2-7-18-13/h1-5,7,9,11H,6,8,10H2. The van der Waals surface area contributed by atoms with Gasteiger partial charge in [0.2, 0.25) is 0 Å². The van der Waals surface area contributed by atoms with Crippen molar-refractivity contribution in [1.82, 2.24) is 9.97 Å². The largest absolute Gasteiger partial charge is 0.347 e. The molecular weight excluding hydrogens is 346 g/mol. The summed E-state index contributed by atoms with van der Waals surface area (Å²) in [5.74, 6) is 0.518. The summed E-state index contributed by atoms with van der Waals surface area (Å²) in [7, 11) is 0. The molecule has 5 heteroatoms. The average molecular weight is 360 g/mol. The van der Waals surface area contributed by atoms with Crippen molar-refractivity contribution < 1.29 is 0 Å². The van der Waals surface area contributed by atoms with Crippen molar-refractivity contribution in [3.8, 4) is 0 Å². The lowest BCUT2D eigenvalue weighted by molar-refractivity contribution is 0.744. The second kappa shape index (κ2) is 5.39. The van der Waals surface area contributed by atoms with Gasteiger partial charge in [-0.2, -0.15) is 0 Å². The third-order valence-electron chi connectivity index (χ3n) is 3.90. The van der Waals surface area contributed by atoms with E-state index in [1.165, 1.54) is 10.4 Å². The normalized spacial score (nSPS) is 18.5. The van der Waals surface area contributed by atoms with Crippen molar-refractivity contribution in [2.75, 3.05) is 18.0 Å². The third kappa shape index (κ3) is 2.56. The molecule has 21 heavy (non-hydrogen) atoms. The highest BCUT2D eigenvalue weighted by molar-refractivity contribution is 9.10. The Kier molecular flexibility index (Phi) is 3.39. The highest BCUT2D eigenvalue weighted by Crippen LogP contribution is 2.35. The van der Waals surface area contributed by atoms with Crippen LogP contribution in [0, 0.1) is 0 Å². The van der Waals surface area contributed by atoms with E-state index in [2.05, 4.69) is 50.1 Å². The van der Waals surface area contributed by atoms with Gasteiger partial charge in [0.1, 0.15) is 0 Å². The number of anilines is 1. The van der Waals surface area contributed by atoms with E-state index in [-0.39, 0.29) is 0 Å². The van der Waals surface area contributed by atoms with Gasteiger partial charge in [0.05, 0.1) is 10.2 Å². The van der Waals surface area contributed by atoms with Crippen LogP contribution in [0.5, 0.6) is 0 Å². The van der Waals surface area contributed by atoms with Crippen LogP contribution in [0.15, 0.2) is 47.1 Å². The van der Waals surface area contributed by atoms with Gasteiger partial charge in [-0.3, -0.25) is 4.98 Å². The molecule has 3 aromatic rings. The van der Waals surface area contributed by atoms with Crippen molar-refractivity contribution in [2.45, 2.75) is 12.3 Å². The van der Waals surface area contributed by atoms with Gasteiger partial charge in [-0.15, -0.1) is 0 Å². The van der Waals surface area contributed by atoms with Crippen LogP contribution < -0.4 is 4.90 Å². The molecule has 3 nitrogen and oxygen atoms in total. The predicted molar refractivity (Wildman–Crippen MR) is 91.1 cm³/mol. The van der Waals surface area contributed by atoms with Crippen LogP contribution in [0.3, 0.4) is 0 Å². The fraction of sp³-hybridized carbons (Fsp3) is 0.250. The summed E-state index contributed by atoms with van der Waals surface area (Å²) in [5.41, 5.74) is 2.28. The van der Waals surface area contributed by atoms with Crippen LogP contribution >= 0.6 is 27.3 Å². The lowest BCUT2D eigenvalue weighted by Crippen LogP contribution is -2.18. The highest BCUT2D eigenvalue weighted by Gasteiger charge is 2.26. The Labute approximate surface area is 135 Å². The topological polar surface area (TPSA) is 29.0 Å². The smallest absolute Gasteiger partial charge is 0.186 e. The van der Waals surface area contributed by atoms with Crippen molar-refractivity contribution in [3.05, 3.63) is 52.8 Å². The van der Waals surface area contributed by atoms with Gasteiger partial charge < -0.3 is 4.90 Å². The first-order valence-electron chi connectivity index (χ1n) is 7.01. The maximum absolute atomic E-state index is 4.77. The fourth-order valence-electron chi connectivity index (χ4n) is 2.81. The molecule has 2 aromatic heterocycles. The number of nitrogens with zero attached hydrogens (tertiary/aromatic N) is 3. The fourth-order valence-corrected chi connectivity index (χ4v) is 4.37. The molecule has 1 unspecified atom stereocenters. The molecule has 1 fully saturated rings. The number of thiazole rings is 1. The molecule has 1 aromatic carbocycles. The number of benzene rings is 1. The van der Waals surface area contributed by atoms with Crippen LogP contribution in [-0.4, -0.2) is 23.1 Å². The molecule has 0 saturated carbocycles. The molecule has 4 rings (SSSR count). The van der Waals surface area contributed by atoms with E-state index in [0.717, 1.165) is 34.6 Å². The molecule has 0 spiro atoms. The number of hydrogen-bond acceptors (Lipinski definition) is 4. The molecule has 0 bridgehead atoms. The second-order valence-electron chi connectivity index (χ2n) is 5.29. The van der Waals surface area contributed by atoms with E-state index >= 15 is 0 Å². The van der Waals surface area contributed by atoms with Crippen LogP contribution in [0.1, 0.15) is 18.0 Å². The van der Waals surface area contributed by atoms with E-state index in [9.17, 15) is 0 Å². The molecule has 1 aliphatic rings.